The molecule has 0 bridgehead atoms. The summed E-state index contributed by atoms with van der Waals surface area (Å²) in [5.41, 5.74) is 1.60. The monoisotopic (exact) mass is 275 g/mol. The molecule has 3 rings (SSSR count). The fourth-order valence-corrected chi connectivity index (χ4v) is 2.21. The Morgan fingerprint density at radius 2 is 2.16 bits per heavy atom. The van der Waals surface area contributed by atoms with E-state index in [-0.39, 0.29) is 12.4 Å². The number of hydrogen-bond acceptors (Lipinski definition) is 4. The summed E-state index contributed by atoms with van der Waals surface area (Å²) in [7, 11) is 0. The van der Waals surface area contributed by atoms with Crippen molar-refractivity contribution in [3.8, 4) is 17.5 Å². The highest BCUT2D eigenvalue weighted by atomic mass is 35.5. The Kier molecular flexibility index (Phi) is 4.15. The Hall–Kier alpha value is -1.90. The minimum absolute atomic E-state index is 0. The van der Waals surface area contributed by atoms with Gasteiger partial charge in [-0.3, -0.25) is 0 Å². The van der Waals surface area contributed by atoms with Gasteiger partial charge >= 0.3 is 0 Å². The molecule has 0 saturated heterocycles. The third-order valence-electron chi connectivity index (χ3n) is 3.11. The summed E-state index contributed by atoms with van der Waals surface area (Å²) in [6.45, 7) is 2.74. The molecule has 5 nitrogen and oxygen atoms in total. The van der Waals surface area contributed by atoms with E-state index in [0.717, 1.165) is 43.3 Å². The quantitative estimate of drug-likeness (QED) is 0.854. The van der Waals surface area contributed by atoms with Crippen molar-refractivity contribution in [2.45, 2.75) is 13.0 Å². The van der Waals surface area contributed by atoms with Crippen LogP contribution in [-0.2, 0) is 13.0 Å². The van der Waals surface area contributed by atoms with E-state index < -0.39 is 0 Å². The molecule has 0 atom stereocenters. The minimum Gasteiger partial charge on any atom is -0.315 e. The van der Waals surface area contributed by atoms with Gasteiger partial charge in [-0.15, -0.1) is 22.6 Å². The van der Waals surface area contributed by atoms with Gasteiger partial charge < -0.3 is 9.88 Å². The molecule has 0 radical (unpaired) electrons. The minimum atomic E-state index is 0. The van der Waals surface area contributed by atoms with Gasteiger partial charge in [0.1, 0.15) is 5.82 Å². The topological polar surface area (TPSA) is 66.5 Å². The van der Waals surface area contributed by atoms with Gasteiger partial charge in [-0.1, -0.05) is 12.1 Å². The summed E-state index contributed by atoms with van der Waals surface area (Å²) in [5, 5.41) is 20.8. The van der Waals surface area contributed by atoms with Gasteiger partial charge in [0.2, 0.25) is 0 Å². The SMILES string of the molecule is Cl.N#Cc1cccc(-c2nnc3n2CCNCC3)c1. The standard InChI is InChI=1S/C13H13N5.ClH/c14-9-10-2-1-3-11(8-10)13-17-16-12-4-5-15-6-7-18(12)13;/h1-3,8,15H,4-7H2;1H. The van der Waals surface area contributed by atoms with Crippen molar-refractivity contribution >= 4 is 12.4 Å². The molecule has 0 saturated carbocycles. The molecule has 1 aliphatic heterocycles. The molecule has 6 heteroatoms. The lowest BCUT2D eigenvalue weighted by Gasteiger charge is -2.06. The van der Waals surface area contributed by atoms with Crippen molar-refractivity contribution in [1.82, 2.24) is 20.1 Å². The molecule has 19 heavy (non-hydrogen) atoms. The summed E-state index contributed by atoms with van der Waals surface area (Å²) in [5.74, 6) is 1.86. The van der Waals surface area contributed by atoms with E-state index in [1.54, 1.807) is 6.07 Å². The number of aromatic nitrogens is 3. The average Bonchev–Trinajstić information content (AvgIpc) is 2.68. The number of fused-ring (bicyclic) bond motifs is 1. The van der Waals surface area contributed by atoms with Crippen LogP contribution in [0.4, 0.5) is 0 Å². The average molecular weight is 276 g/mol. The van der Waals surface area contributed by atoms with E-state index >= 15 is 0 Å². The van der Waals surface area contributed by atoms with Crippen LogP contribution in [0.2, 0.25) is 0 Å². The molecule has 2 aromatic rings. The highest BCUT2D eigenvalue weighted by Crippen LogP contribution is 2.20. The van der Waals surface area contributed by atoms with Crippen molar-refractivity contribution in [2.75, 3.05) is 13.1 Å². The van der Waals surface area contributed by atoms with Crippen molar-refractivity contribution in [1.29, 1.82) is 5.26 Å². The molecule has 0 amide bonds. The Morgan fingerprint density at radius 1 is 1.26 bits per heavy atom. The number of rotatable bonds is 1. The second-order valence-electron chi connectivity index (χ2n) is 4.28. The zero-order chi connectivity index (χ0) is 12.4. The van der Waals surface area contributed by atoms with Crippen LogP contribution in [0.15, 0.2) is 24.3 Å². The summed E-state index contributed by atoms with van der Waals surface area (Å²) in [4.78, 5) is 0. The number of nitrogens with zero attached hydrogens (tertiary/aromatic N) is 4. The van der Waals surface area contributed by atoms with Crippen LogP contribution in [0.25, 0.3) is 11.4 Å². The summed E-state index contributed by atoms with van der Waals surface area (Å²) < 4.78 is 2.14. The molecule has 1 aliphatic rings. The maximum absolute atomic E-state index is 8.94. The van der Waals surface area contributed by atoms with E-state index in [1.807, 2.05) is 18.2 Å². The maximum atomic E-state index is 8.94. The van der Waals surface area contributed by atoms with Crippen LogP contribution < -0.4 is 5.32 Å². The molecular weight excluding hydrogens is 262 g/mol. The first-order chi connectivity index (χ1) is 8.88. The van der Waals surface area contributed by atoms with Gasteiger partial charge in [0.15, 0.2) is 5.82 Å². The first-order valence-corrected chi connectivity index (χ1v) is 6.02. The zero-order valence-electron chi connectivity index (χ0n) is 10.3. The second-order valence-corrected chi connectivity index (χ2v) is 4.28. The molecule has 1 aromatic heterocycles. The van der Waals surface area contributed by atoms with E-state index in [4.69, 9.17) is 5.26 Å². The first-order valence-electron chi connectivity index (χ1n) is 6.02. The molecule has 0 unspecified atom stereocenters. The van der Waals surface area contributed by atoms with Crippen LogP contribution in [0.5, 0.6) is 0 Å². The van der Waals surface area contributed by atoms with Gasteiger partial charge in [0.25, 0.3) is 0 Å². The maximum Gasteiger partial charge on any atom is 0.164 e. The summed E-state index contributed by atoms with van der Waals surface area (Å²) >= 11 is 0. The van der Waals surface area contributed by atoms with Crippen LogP contribution >= 0.6 is 12.4 Å². The van der Waals surface area contributed by atoms with Gasteiger partial charge in [-0.2, -0.15) is 5.26 Å². The number of hydrogen-bond donors (Lipinski definition) is 1. The normalized spacial score (nSPS) is 13.8. The lowest BCUT2D eigenvalue weighted by Crippen LogP contribution is -2.17. The lowest BCUT2D eigenvalue weighted by molar-refractivity contribution is 0.647. The van der Waals surface area contributed by atoms with E-state index in [2.05, 4.69) is 26.2 Å². The highest BCUT2D eigenvalue weighted by molar-refractivity contribution is 5.85. The Labute approximate surface area is 117 Å². The first kappa shape index (κ1) is 13.5. The second kappa shape index (κ2) is 5.83. The summed E-state index contributed by atoms with van der Waals surface area (Å²) in [6, 6.07) is 9.65. The summed E-state index contributed by atoms with van der Waals surface area (Å²) in [6.07, 6.45) is 0.894. The van der Waals surface area contributed by atoms with Crippen molar-refractivity contribution in [3.05, 3.63) is 35.7 Å². The largest absolute Gasteiger partial charge is 0.315 e. The molecule has 0 aliphatic carbocycles. The number of halogens is 1. The molecule has 2 heterocycles. The zero-order valence-corrected chi connectivity index (χ0v) is 11.2. The highest BCUT2D eigenvalue weighted by Gasteiger charge is 2.15. The molecule has 98 valence electrons. The Balaban J connectivity index is 0.00000133. The van der Waals surface area contributed by atoms with E-state index in [0.29, 0.717) is 5.56 Å². The van der Waals surface area contributed by atoms with Gasteiger partial charge in [-0.25, -0.2) is 0 Å². The van der Waals surface area contributed by atoms with E-state index in [1.165, 1.54) is 0 Å². The predicted octanol–water partition coefficient (Wildman–Crippen LogP) is 1.38. The smallest absolute Gasteiger partial charge is 0.164 e. The molecule has 1 N–H and O–H groups in total. The molecule has 1 aromatic carbocycles. The number of nitrogens with one attached hydrogen (secondary N) is 1. The van der Waals surface area contributed by atoms with Crippen molar-refractivity contribution in [3.63, 3.8) is 0 Å². The third-order valence-corrected chi connectivity index (χ3v) is 3.11. The van der Waals surface area contributed by atoms with Crippen LogP contribution in [-0.4, -0.2) is 27.9 Å². The van der Waals surface area contributed by atoms with Crippen molar-refractivity contribution < 1.29 is 0 Å². The Morgan fingerprint density at radius 3 is 3.00 bits per heavy atom. The fraction of sp³-hybridized carbons (Fsp3) is 0.308. The van der Waals surface area contributed by atoms with Gasteiger partial charge in [0.05, 0.1) is 11.6 Å². The van der Waals surface area contributed by atoms with Crippen LogP contribution in [0, 0.1) is 11.3 Å². The Bertz CT molecular complexity index is 614. The lowest BCUT2D eigenvalue weighted by atomic mass is 10.1. The third kappa shape index (κ3) is 2.60. The van der Waals surface area contributed by atoms with Crippen LogP contribution in [0.1, 0.15) is 11.4 Å². The predicted molar refractivity (Wildman–Crippen MR) is 74.0 cm³/mol. The fourth-order valence-electron chi connectivity index (χ4n) is 2.21. The molecule has 0 spiro atoms. The molecule has 0 fully saturated rings. The number of benzene rings is 1. The van der Waals surface area contributed by atoms with Gasteiger partial charge in [0, 0.05) is 31.6 Å². The number of nitriles is 1. The molecular formula is C13H14ClN5. The van der Waals surface area contributed by atoms with E-state index in [9.17, 15) is 0 Å². The van der Waals surface area contributed by atoms with Crippen molar-refractivity contribution in [2.24, 2.45) is 0 Å². The van der Waals surface area contributed by atoms with Crippen LogP contribution in [0.3, 0.4) is 0 Å². The van der Waals surface area contributed by atoms with Gasteiger partial charge in [-0.05, 0) is 12.1 Å².